The van der Waals surface area contributed by atoms with E-state index in [4.69, 9.17) is 0 Å². The molecule has 0 saturated heterocycles. The van der Waals surface area contributed by atoms with Gasteiger partial charge in [0, 0.05) is 29.8 Å². The highest BCUT2D eigenvalue weighted by Gasteiger charge is 2.30. The predicted molar refractivity (Wildman–Crippen MR) is 77.4 cm³/mol. The third-order valence-electron chi connectivity index (χ3n) is 3.60. The summed E-state index contributed by atoms with van der Waals surface area (Å²) >= 11 is 2.02. The Morgan fingerprint density at radius 2 is 2.06 bits per heavy atom. The van der Waals surface area contributed by atoms with Crippen molar-refractivity contribution in [1.29, 1.82) is 0 Å². The molecule has 0 fully saturated rings. The summed E-state index contributed by atoms with van der Waals surface area (Å²) < 4.78 is 0. The van der Waals surface area contributed by atoms with E-state index in [1.54, 1.807) is 0 Å². The Balaban J connectivity index is 2.41. The molecule has 0 amide bonds. The Kier molecular flexibility index (Phi) is 3.69. The lowest BCUT2D eigenvalue weighted by atomic mass is 10.1. The van der Waals surface area contributed by atoms with Crippen molar-refractivity contribution in [3.8, 4) is 0 Å². The second-order valence-corrected chi connectivity index (χ2v) is 6.25. The first-order valence-electron chi connectivity index (χ1n) is 6.20. The molecule has 94 valence electrons. The molecule has 0 radical (unpaired) electrons. The van der Waals surface area contributed by atoms with Crippen LogP contribution in [0.4, 0.5) is 5.69 Å². The van der Waals surface area contributed by atoms with Crippen LogP contribution in [0.1, 0.15) is 18.1 Å². The number of nitrogens with zero attached hydrogens (tertiary/aromatic N) is 1. The Hall–Kier alpha value is -0.670. The van der Waals surface area contributed by atoms with E-state index in [0.717, 1.165) is 6.54 Å². The molecule has 1 aliphatic rings. The highest BCUT2D eigenvalue weighted by Crippen LogP contribution is 2.43. The van der Waals surface area contributed by atoms with Crippen molar-refractivity contribution in [2.45, 2.75) is 37.0 Å². The van der Waals surface area contributed by atoms with Gasteiger partial charge in [0.25, 0.3) is 0 Å². The first-order chi connectivity index (χ1) is 8.04. The summed E-state index contributed by atoms with van der Waals surface area (Å²) in [5, 5.41) is 3.93. The number of aryl methyl sites for hydroxylation is 2. The first kappa shape index (κ1) is 12.8. The zero-order chi connectivity index (χ0) is 12.6. The van der Waals surface area contributed by atoms with Crippen LogP contribution in [0.2, 0.25) is 0 Å². The molecule has 17 heavy (non-hydrogen) atoms. The summed E-state index contributed by atoms with van der Waals surface area (Å²) in [7, 11) is 4.25. The van der Waals surface area contributed by atoms with Gasteiger partial charge in [-0.15, -0.1) is 11.8 Å². The van der Waals surface area contributed by atoms with E-state index in [1.807, 2.05) is 18.8 Å². The normalized spacial score (nSPS) is 23.7. The predicted octanol–water partition coefficient (Wildman–Crippen LogP) is 2.82. The number of hydrogen-bond acceptors (Lipinski definition) is 3. The Bertz CT molecular complexity index is 417. The van der Waals surface area contributed by atoms with Crippen molar-refractivity contribution in [2.75, 3.05) is 25.5 Å². The van der Waals surface area contributed by atoms with Gasteiger partial charge in [0.15, 0.2) is 0 Å². The number of fused-ring (bicyclic) bond motifs is 1. The maximum absolute atomic E-state index is 3.30. The highest BCUT2D eigenvalue weighted by molar-refractivity contribution is 8.00. The van der Waals surface area contributed by atoms with Gasteiger partial charge in [-0.25, -0.2) is 0 Å². The molecular weight excluding hydrogens is 228 g/mol. The van der Waals surface area contributed by atoms with Gasteiger partial charge in [-0.1, -0.05) is 6.07 Å². The fraction of sp³-hybridized carbons (Fsp3) is 0.571. The van der Waals surface area contributed by atoms with Crippen LogP contribution in [0.25, 0.3) is 0 Å². The molecule has 1 heterocycles. The van der Waals surface area contributed by atoms with Crippen LogP contribution in [0, 0.1) is 13.8 Å². The molecule has 2 nitrogen and oxygen atoms in total. The number of nitrogens with one attached hydrogen (secondary N) is 1. The first-order valence-corrected chi connectivity index (χ1v) is 7.08. The molecule has 0 bridgehead atoms. The van der Waals surface area contributed by atoms with Gasteiger partial charge >= 0.3 is 0 Å². The zero-order valence-electron chi connectivity index (χ0n) is 11.4. The van der Waals surface area contributed by atoms with Gasteiger partial charge in [0.1, 0.15) is 0 Å². The third-order valence-corrected chi connectivity index (χ3v) is 5.23. The molecule has 2 rings (SSSR count). The van der Waals surface area contributed by atoms with Gasteiger partial charge in [0.2, 0.25) is 0 Å². The van der Waals surface area contributed by atoms with Crippen LogP contribution in [-0.4, -0.2) is 31.9 Å². The van der Waals surface area contributed by atoms with Gasteiger partial charge in [0.05, 0.1) is 5.69 Å². The molecule has 2 unspecified atom stereocenters. The molecule has 0 saturated carbocycles. The van der Waals surface area contributed by atoms with Crippen LogP contribution in [-0.2, 0) is 0 Å². The lowest BCUT2D eigenvalue weighted by Gasteiger charge is -2.40. The van der Waals surface area contributed by atoms with Gasteiger partial charge in [-0.2, -0.15) is 0 Å². The monoisotopic (exact) mass is 250 g/mol. The standard InChI is InChI=1S/C14H22N2S/c1-9-6-10(2)14-12(7-9)16(5)11(3)13(17-14)8-15-4/h6-7,11,13,15H,8H2,1-5H3. The minimum Gasteiger partial charge on any atom is -0.370 e. The maximum atomic E-state index is 3.30. The highest BCUT2D eigenvalue weighted by atomic mass is 32.2. The molecule has 1 aromatic rings. The number of thioether (sulfide) groups is 1. The Morgan fingerprint density at radius 1 is 1.35 bits per heavy atom. The molecule has 2 atom stereocenters. The SMILES string of the molecule is CNCC1Sc2c(C)cc(C)cc2N(C)C1C. The summed E-state index contributed by atoms with van der Waals surface area (Å²) in [6, 6.07) is 5.16. The fourth-order valence-electron chi connectivity index (χ4n) is 2.48. The number of hydrogen-bond donors (Lipinski definition) is 1. The molecule has 3 heteroatoms. The number of benzene rings is 1. The van der Waals surface area contributed by atoms with Crippen LogP contribution >= 0.6 is 11.8 Å². The summed E-state index contributed by atoms with van der Waals surface area (Å²) in [5.41, 5.74) is 4.16. The topological polar surface area (TPSA) is 15.3 Å². The number of rotatable bonds is 2. The van der Waals surface area contributed by atoms with E-state index in [2.05, 4.69) is 50.2 Å². The quantitative estimate of drug-likeness (QED) is 0.869. The fourth-order valence-corrected chi connectivity index (χ4v) is 3.98. The van der Waals surface area contributed by atoms with E-state index in [1.165, 1.54) is 21.7 Å². The van der Waals surface area contributed by atoms with Crippen LogP contribution in [0.5, 0.6) is 0 Å². The summed E-state index contributed by atoms with van der Waals surface area (Å²) in [5.74, 6) is 0. The minimum atomic E-state index is 0.571. The Labute approximate surface area is 109 Å². The summed E-state index contributed by atoms with van der Waals surface area (Å²) in [6.07, 6.45) is 0. The van der Waals surface area contributed by atoms with E-state index in [0.29, 0.717) is 11.3 Å². The van der Waals surface area contributed by atoms with Crippen molar-refractivity contribution in [3.05, 3.63) is 23.3 Å². The zero-order valence-corrected chi connectivity index (χ0v) is 12.2. The largest absolute Gasteiger partial charge is 0.370 e. The second kappa shape index (κ2) is 4.91. The van der Waals surface area contributed by atoms with Crippen LogP contribution in [0.3, 0.4) is 0 Å². The maximum Gasteiger partial charge on any atom is 0.0510 e. The molecule has 1 aliphatic heterocycles. The van der Waals surface area contributed by atoms with E-state index >= 15 is 0 Å². The molecule has 1 aromatic carbocycles. The van der Waals surface area contributed by atoms with Crippen LogP contribution in [0.15, 0.2) is 17.0 Å². The van der Waals surface area contributed by atoms with Gasteiger partial charge < -0.3 is 10.2 Å². The van der Waals surface area contributed by atoms with Crippen molar-refractivity contribution in [1.82, 2.24) is 5.32 Å². The lowest BCUT2D eigenvalue weighted by molar-refractivity contribution is 0.602. The summed E-state index contributed by atoms with van der Waals surface area (Å²) in [6.45, 7) is 7.77. The minimum absolute atomic E-state index is 0.571. The lowest BCUT2D eigenvalue weighted by Crippen LogP contribution is -2.44. The number of anilines is 1. The molecule has 0 aromatic heterocycles. The van der Waals surface area contributed by atoms with Crippen molar-refractivity contribution < 1.29 is 0 Å². The van der Waals surface area contributed by atoms with E-state index in [9.17, 15) is 0 Å². The Morgan fingerprint density at radius 3 is 2.71 bits per heavy atom. The smallest absolute Gasteiger partial charge is 0.0510 e. The summed E-state index contributed by atoms with van der Waals surface area (Å²) in [4.78, 5) is 3.88. The van der Waals surface area contributed by atoms with Crippen LogP contribution < -0.4 is 10.2 Å². The van der Waals surface area contributed by atoms with Crippen molar-refractivity contribution in [3.63, 3.8) is 0 Å². The molecule has 0 spiro atoms. The van der Waals surface area contributed by atoms with Crippen molar-refractivity contribution >= 4 is 17.4 Å². The van der Waals surface area contributed by atoms with Crippen molar-refractivity contribution in [2.24, 2.45) is 0 Å². The van der Waals surface area contributed by atoms with E-state index in [-0.39, 0.29) is 0 Å². The van der Waals surface area contributed by atoms with E-state index < -0.39 is 0 Å². The molecule has 1 N–H and O–H groups in total. The van der Waals surface area contributed by atoms with Gasteiger partial charge in [-0.3, -0.25) is 0 Å². The van der Waals surface area contributed by atoms with Gasteiger partial charge in [-0.05, 0) is 45.0 Å². The average molecular weight is 250 g/mol. The third kappa shape index (κ3) is 2.31. The average Bonchev–Trinajstić information content (AvgIpc) is 2.27. The molecular formula is C14H22N2S. The molecule has 0 aliphatic carbocycles. The second-order valence-electron chi connectivity index (χ2n) is 5.00.